The van der Waals surface area contributed by atoms with Crippen LogP contribution in [0.4, 0.5) is 11.4 Å². The molecule has 0 bridgehead atoms. The Bertz CT molecular complexity index is 407. The summed E-state index contributed by atoms with van der Waals surface area (Å²) in [6.45, 7) is 3.55. The van der Waals surface area contributed by atoms with E-state index in [1.54, 1.807) is 6.20 Å². The second kappa shape index (κ2) is 5.03. The molecule has 0 aliphatic carbocycles. The highest BCUT2D eigenvalue weighted by atomic mass is 16.2. The number of anilines is 2. The van der Waals surface area contributed by atoms with Crippen LogP contribution in [0.25, 0.3) is 0 Å². The summed E-state index contributed by atoms with van der Waals surface area (Å²) in [5.74, 6) is 0.105. The van der Waals surface area contributed by atoms with Gasteiger partial charge in [-0.25, -0.2) is 0 Å². The number of amides is 1. The van der Waals surface area contributed by atoms with E-state index in [2.05, 4.69) is 20.5 Å². The maximum atomic E-state index is 11.8. The van der Waals surface area contributed by atoms with Crippen LogP contribution in [0, 0.1) is 0 Å². The first-order valence-electron chi connectivity index (χ1n) is 5.93. The van der Waals surface area contributed by atoms with E-state index in [4.69, 9.17) is 0 Å². The molecule has 1 aliphatic rings. The summed E-state index contributed by atoms with van der Waals surface area (Å²) >= 11 is 0. The van der Waals surface area contributed by atoms with Crippen molar-refractivity contribution in [1.82, 2.24) is 10.3 Å². The van der Waals surface area contributed by atoms with Gasteiger partial charge in [0, 0.05) is 20.1 Å². The lowest BCUT2D eigenvalue weighted by Crippen LogP contribution is -2.55. The molecule has 1 atom stereocenters. The Kier molecular flexibility index (Phi) is 3.46. The number of nitrogens with zero attached hydrogens (tertiary/aromatic N) is 2. The Hall–Kier alpha value is -1.78. The summed E-state index contributed by atoms with van der Waals surface area (Å²) < 4.78 is 0. The van der Waals surface area contributed by atoms with Gasteiger partial charge in [-0.15, -0.1) is 0 Å². The fourth-order valence-electron chi connectivity index (χ4n) is 2.15. The summed E-state index contributed by atoms with van der Waals surface area (Å²) in [6, 6.07) is 1.94. The highest BCUT2D eigenvalue weighted by molar-refractivity contribution is 5.86. The monoisotopic (exact) mass is 234 g/mol. The number of nitrogens with one attached hydrogen (secondary N) is 2. The van der Waals surface area contributed by atoms with E-state index in [0.717, 1.165) is 24.3 Å². The maximum absolute atomic E-state index is 11.8. The van der Waals surface area contributed by atoms with Gasteiger partial charge < -0.3 is 15.5 Å². The van der Waals surface area contributed by atoms with E-state index in [-0.39, 0.29) is 11.9 Å². The summed E-state index contributed by atoms with van der Waals surface area (Å²) in [4.78, 5) is 18.1. The lowest BCUT2D eigenvalue weighted by Gasteiger charge is -2.36. The van der Waals surface area contributed by atoms with Gasteiger partial charge in [0.05, 0.1) is 23.8 Å². The number of carbonyl (C=O) groups excluding carboxylic acids is 1. The molecule has 5 heteroatoms. The minimum Gasteiger partial charge on any atom is -0.387 e. The third-order valence-electron chi connectivity index (χ3n) is 3.06. The number of carbonyl (C=O) groups is 1. The van der Waals surface area contributed by atoms with E-state index in [9.17, 15) is 4.79 Å². The van der Waals surface area contributed by atoms with Crippen molar-refractivity contribution in [1.29, 1.82) is 0 Å². The molecule has 17 heavy (non-hydrogen) atoms. The van der Waals surface area contributed by atoms with E-state index in [1.807, 2.05) is 26.2 Å². The fraction of sp³-hybridized carbons (Fsp3) is 0.500. The van der Waals surface area contributed by atoms with Gasteiger partial charge in [0.1, 0.15) is 6.04 Å². The van der Waals surface area contributed by atoms with Crippen LogP contribution in [0.2, 0.25) is 0 Å². The highest BCUT2D eigenvalue weighted by Gasteiger charge is 2.28. The average Bonchev–Trinajstić information content (AvgIpc) is 2.38. The summed E-state index contributed by atoms with van der Waals surface area (Å²) in [6.07, 6.45) is 4.38. The number of aromatic nitrogens is 1. The first kappa shape index (κ1) is 11.7. The zero-order valence-electron chi connectivity index (χ0n) is 10.2. The van der Waals surface area contributed by atoms with Crippen molar-refractivity contribution in [2.24, 2.45) is 0 Å². The third kappa shape index (κ3) is 2.33. The first-order valence-corrected chi connectivity index (χ1v) is 5.93. The molecule has 1 aliphatic heterocycles. The highest BCUT2D eigenvalue weighted by Crippen LogP contribution is 2.22. The standard InChI is InChI=1S/C12H18N4O/c1-3-11-12(17)15-4-5-16(11)10-6-9(13-2)7-14-8-10/h6-8,11,13H,3-5H2,1-2H3,(H,15,17). The van der Waals surface area contributed by atoms with Crippen molar-refractivity contribution in [3.05, 3.63) is 18.5 Å². The molecule has 1 aromatic heterocycles. The predicted octanol–water partition coefficient (Wildman–Crippen LogP) is 0.838. The van der Waals surface area contributed by atoms with Crippen LogP contribution in [0.1, 0.15) is 13.3 Å². The van der Waals surface area contributed by atoms with E-state index < -0.39 is 0 Å². The Labute approximate surface area is 101 Å². The van der Waals surface area contributed by atoms with Gasteiger partial charge in [0.2, 0.25) is 5.91 Å². The molecule has 1 unspecified atom stereocenters. The van der Waals surface area contributed by atoms with E-state index in [1.165, 1.54) is 0 Å². The minimum absolute atomic E-state index is 0.0855. The molecule has 1 amide bonds. The Morgan fingerprint density at radius 1 is 1.59 bits per heavy atom. The van der Waals surface area contributed by atoms with Gasteiger partial charge in [0.25, 0.3) is 0 Å². The summed E-state index contributed by atoms with van der Waals surface area (Å²) in [5.41, 5.74) is 1.96. The van der Waals surface area contributed by atoms with Crippen molar-refractivity contribution in [3.63, 3.8) is 0 Å². The van der Waals surface area contributed by atoms with Crippen LogP contribution in [0.15, 0.2) is 18.5 Å². The third-order valence-corrected chi connectivity index (χ3v) is 3.06. The van der Waals surface area contributed by atoms with Crippen LogP contribution in [0.5, 0.6) is 0 Å². The molecule has 0 saturated carbocycles. The number of hydrogen-bond acceptors (Lipinski definition) is 4. The molecule has 2 N–H and O–H groups in total. The molecule has 2 rings (SSSR count). The van der Waals surface area contributed by atoms with Crippen molar-refractivity contribution >= 4 is 17.3 Å². The minimum atomic E-state index is -0.0855. The quantitative estimate of drug-likeness (QED) is 0.813. The lowest BCUT2D eigenvalue weighted by molar-refractivity contribution is -0.123. The maximum Gasteiger partial charge on any atom is 0.242 e. The van der Waals surface area contributed by atoms with Crippen LogP contribution in [0.3, 0.4) is 0 Å². The number of hydrogen-bond donors (Lipinski definition) is 2. The van der Waals surface area contributed by atoms with Gasteiger partial charge in [-0.1, -0.05) is 6.92 Å². The molecule has 0 aromatic carbocycles. The SMILES string of the molecule is CCC1C(=O)NCCN1c1cncc(NC)c1. The molecule has 1 aromatic rings. The number of pyridine rings is 1. The first-order chi connectivity index (χ1) is 8.26. The van der Waals surface area contributed by atoms with Gasteiger partial charge in [-0.05, 0) is 12.5 Å². The second-order valence-electron chi connectivity index (χ2n) is 4.09. The van der Waals surface area contributed by atoms with Gasteiger partial charge in [-0.3, -0.25) is 9.78 Å². The van der Waals surface area contributed by atoms with E-state index in [0.29, 0.717) is 6.54 Å². The lowest BCUT2D eigenvalue weighted by atomic mass is 10.1. The van der Waals surface area contributed by atoms with Gasteiger partial charge >= 0.3 is 0 Å². The Morgan fingerprint density at radius 2 is 2.41 bits per heavy atom. The topological polar surface area (TPSA) is 57.3 Å². The van der Waals surface area contributed by atoms with E-state index >= 15 is 0 Å². The number of rotatable bonds is 3. The number of piperazine rings is 1. The molecule has 1 fully saturated rings. The van der Waals surface area contributed by atoms with Crippen molar-refractivity contribution < 1.29 is 4.79 Å². The van der Waals surface area contributed by atoms with Crippen molar-refractivity contribution in [2.45, 2.75) is 19.4 Å². The van der Waals surface area contributed by atoms with Crippen molar-refractivity contribution in [2.75, 3.05) is 30.4 Å². The molecular weight excluding hydrogens is 216 g/mol. The van der Waals surface area contributed by atoms with Crippen LogP contribution >= 0.6 is 0 Å². The molecule has 0 spiro atoms. The second-order valence-corrected chi connectivity index (χ2v) is 4.09. The van der Waals surface area contributed by atoms with Crippen LogP contribution in [-0.2, 0) is 4.79 Å². The van der Waals surface area contributed by atoms with Gasteiger partial charge in [0.15, 0.2) is 0 Å². The molecule has 1 saturated heterocycles. The van der Waals surface area contributed by atoms with Crippen LogP contribution < -0.4 is 15.5 Å². The largest absolute Gasteiger partial charge is 0.387 e. The molecular formula is C12H18N4O. The molecule has 5 nitrogen and oxygen atoms in total. The molecule has 92 valence electrons. The smallest absolute Gasteiger partial charge is 0.242 e. The molecule has 2 heterocycles. The Balaban J connectivity index is 2.27. The van der Waals surface area contributed by atoms with Gasteiger partial charge in [-0.2, -0.15) is 0 Å². The molecule has 0 radical (unpaired) electrons. The zero-order valence-corrected chi connectivity index (χ0v) is 10.2. The normalized spacial score (nSPS) is 20.0. The fourth-order valence-corrected chi connectivity index (χ4v) is 2.15. The summed E-state index contributed by atoms with van der Waals surface area (Å²) in [5, 5.41) is 5.96. The average molecular weight is 234 g/mol. The predicted molar refractivity (Wildman–Crippen MR) is 68.2 cm³/mol. The zero-order chi connectivity index (χ0) is 12.3. The van der Waals surface area contributed by atoms with Crippen LogP contribution in [-0.4, -0.2) is 37.1 Å². The Morgan fingerprint density at radius 3 is 3.12 bits per heavy atom. The summed E-state index contributed by atoms with van der Waals surface area (Å²) in [7, 11) is 1.86. The van der Waals surface area contributed by atoms with Crippen molar-refractivity contribution in [3.8, 4) is 0 Å².